The summed E-state index contributed by atoms with van der Waals surface area (Å²) in [6, 6.07) is 7.24. The fraction of sp³-hybridized carbons (Fsp3) is 0.214. The van der Waals surface area contributed by atoms with Crippen molar-refractivity contribution in [2.45, 2.75) is 19.8 Å². The second kappa shape index (κ2) is 6.63. The zero-order chi connectivity index (χ0) is 15.2. The summed E-state index contributed by atoms with van der Waals surface area (Å²) >= 11 is 0. The topological polar surface area (TPSA) is 96.9 Å². The lowest BCUT2D eigenvalue weighted by Crippen LogP contribution is -2.10. The first-order valence-electron chi connectivity index (χ1n) is 6.38. The summed E-state index contributed by atoms with van der Waals surface area (Å²) < 4.78 is 19.0. The maximum absolute atomic E-state index is 13.5. The molecule has 0 amide bonds. The summed E-state index contributed by atoms with van der Waals surface area (Å²) in [5.74, 6) is 6.20. The Labute approximate surface area is 121 Å². The van der Waals surface area contributed by atoms with E-state index < -0.39 is 5.82 Å². The van der Waals surface area contributed by atoms with E-state index in [0.717, 1.165) is 12.5 Å². The molecule has 0 radical (unpaired) electrons. The summed E-state index contributed by atoms with van der Waals surface area (Å²) in [5, 5.41) is 8.69. The van der Waals surface area contributed by atoms with Gasteiger partial charge in [-0.05, 0) is 18.6 Å². The number of aromatic nitrogens is 2. The lowest BCUT2D eigenvalue weighted by atomic mass is 10.2. The van der Waals surface area contributed by atoms with E-state index in [1.807, 2.05) is 6.92 Å². The van der Waals surface area contributed by atoms with Gasteiger partial charge in [0.25, 0.3) is 0 Å². The van der Waals surface area contributed by atoms with Crippen molar-refractivity contribution < 1.29 is 9.13 Å². The minimum Gasteiger partial charge on any atom is -0.439 e. The molecule has 2 rings (SSSR count). The van der Waals surface area contributed by atoms with Crippen LogP contribution in [0.2, 0.25) is 0 Å². The molecule has 2 aromatic rings. The van der Waals surface area contributed by atoms with Crippen LogP contribution in [0, 0.1) is 17.1 Å². The number of nitriles is 1. The van der Waals surface area contributed by atoms with E-state index in [4.69, 9.17) is 15.8 Å². The van der Waals surface area contributed by atoms with E-state index in [-0.39, 0.29) is 17.2 Å². The van der Waals surface area contributed by atoms with Crippen LogP contribution in [0.4, 0.5) is 10.2 Å². The standard InChI is InChI=1S/C14H14FN5O/c1-2-3-12-18-13(20-17)7-14(19-12)21-10-5-4-9(8-16)11(15)6-10/h4-7H,2-3,17H2,1H3,(H,18,19,20). The molecule has 21 heavy (non-hydrogen) atoms. The van der Waals surface area contributed by atoms with Gasteiger partial charge in [0.1, 0.15) is 29.3 Å². The first kappa shape index (κ1) is 14.7. The number of nitrogen functional groups attached to an aromatic ring is 1. The van der Waals surface area contributed by atoms with Crippen molar-refractivity contribution >= 4 is 5.82 Å². The van der Waals surface area contributed by atoms with Crippen molar-refractivity contribution in [2.75, 3.05) is 5.43 Å². The smallest absolute Gasteiger partial charge is 0.224 e. The fourth-order valence-electron chi connectivity index (χ4n) is 1.71. The Morgan fingerprint density at radius 2 is 2.19 bits per heavy atom. The summed E-state index contributed by atoms with van der Waals surface area (Å²) in [5.41, 5.74) is 2.39. The molecule has 0 aliphatic heterocycles. The van der Waals surface area contributed by atoms with Gasteiger partial charge >= 0.3 is 0 Å². The highest BCUT2D eigenvalue weighted by molar-refractivity contribution is 5.41. The van der Waals surface area contributed by atoms with Crippen LogP contribution < -0.4 is 16.0 Å². The molecule has 1 heterocycles. The number of nitrogens with zero attached hydrogens (tertiary/aromatic N) is 3. The number of ether oxygens (including phenoxy) is 1. The highest BCUT2D eigenvalue weighted by atomic mass is 19.1. The average molecular weight is 287 g/mol. The number of halogens is 1. The van der Waals surface area contributed by atoms with Gasteiger partial charge in [0, 0.05) is 18.6 Å². The molecule has 0 aliphatic rings. The van der Waals surface area contributed by atoms with Crippen LogP contribution in [-0.2, 0) is 6.42 Å². The third-order valence-electron chi connectivity index (χ3n) is 2.65. The van der Waals surface area contributed by atoms with Gasteiger partial charge in [-0.25, -0.2) is 15.2 Å². The second-order valence-corrected chi connectivity index (χ2v) is 4.26. The molecule has 0 fully saturated rings. The van der Waals surface area contributed by atoms with Gasteiger partial charge in [-0.3, -0.25) is 0 Å². The maximum atomic E-state index is 13.5. The SMILES string of the molecule is CCCc1nc(NN)cc(Oc2ccc(C#N)c(F)c2)n1. The van der Waals surface area contributed by atoms with Crippen LogP contribution in [0.3, 0.4) is 0 Å². The van der Waals surface area contributed by atoms with Crippen molar-refractivity contribution in [1.29, 1.82) is 5.26 Å². The summed E-state index contributed by atoms with van der Waals surface area (Å²) in [7, 11) is 0. The molecule has 108 valence electrons. The largest absolute Gasteiger partial charge is 0.439 e. The van der Waals surface area contributed by atoms with Crippen LogP contribution >= 0.6 is 0 Å². The van der Waals surface area contributed by atoms with Crippen molar-refractivity contribution in [3.63, 3.8) is 0 Å². The van der Waals surface area contributed by atoms with Crippen molar-refractivity contribution in [3.05, 3.63) is 41.5 Å². The number of benzene rings is 1. The molecular weight excluding hydrogens is 273 g/mol. The van der Waals surface area contributed by atoms with Crippen LogP contribution in [0.1, 0.15) is 24.7 Å². The number of aryl methyl sites for hydroxylation is 1. The quantitative estimate of drug-likeness (QED) is 0.648. The van der Waals surface area contributed by atoms with Crippen molar-refractivity contribution in [1.82, 2.24) is 9.97 Å². The number of hydrogen-bond acceptors (Lipinski definition) is 6. The van der Waals surface area contributed by atoms with E-state index in [1.54, 1.807) is 6.07 Å². The predicted molar refractivity (Wildman–Crippen MR) is 75.0 cm³/mol. The molecule has 0 unspecified atom stereocenters. The molecule has 0 saturated heterocycles. The van der Waals surface area contributed by atoms with Crippen LogP contribution in [0.5, 0.6) is 11.6 Å². The first-order valence-corrected chi connectivity index (χ1v) is 6.38. The van der Waals surface area contributed by atoms with Crippen LogP contribution in [0.15, 0.2) is 24.3 Å². The zero-order valence-corrected chi connectivity index (χ0v) is 11.4. The number of nitrogens with one attached hydrogen (secondary N) is 1. The monoisotopic (exact) mass is 287 g/mol. The third-order valence-corrected chi connectivity index (χ3v) is 2.65. The highest BCUT2D eigenvalue weighted by Crippen LogP contribution is 2.23. The summed E-state index contributed by atoms with van der Waals surface area (Å²) in [4.78, 5) is 8.41. The van der Waals surface area contributed by atoms with Gasteiger partial charge in [0.05, 0.1) is 5.56 Å². The molecule has 1 aromatic heterocycles. The van der Waals surface area contributed by atoms with Gasteiger partial charge in [0.15, 0.2) is 0 Å². The second-order valence-electron chi connectivity index (χ2n) is 4.26. The Morgan fingerprint density at radius 1 is 1.38 bits per heavy atom. The van der Waals surface area contributed by atoms with Gasteiger partial charge in [-0.2, -0.15) is 10.2 Å². The van der Waals surface area contributed by atoms with Gasteiger partial charge in [0.2, 0.25) is 5.88 Å². The lowest BCUT2D eigenvalue weighted by Gasteiger charge is -2.09. The van der Waals surface area contributed by atoms with E-state index in [2.05, 4.69) is 15.4 Å². The molecule has 0 aliphatic carbocycles. The van der Waals surface area contributed by atoms with Gasteiger partial charge < -0.3 is 10.2 Å². The summed E-state index contributed by atoms with van der Waals surface area (Å²) in [6.07, 6.45) is 1.55. The zero-order valence-electron chi connectivity index (χ0n) is 11.4. The van der Waals surface area contributed by atoms with Gasteiger partial charge in [-0.15, -0.1) is 0 Å². The Bertz CT molecular complexity index is 684. The minimum atomic E-state index is -0.644. The maximum Gasteiger partial charge on any atom is 0.224 e. The molecule has 7 heteroatoms. The van der Waals surface area contributed by atoms with Crippen LogP contribution in [0.25, 0.3) is 0 Å². The normalized spacial score (nSPS) is 10.0. The van der Waals surface area contributed by atoms with Crippen LogP contribution in [-0.4, -0.2) is 9.97 Å². The minimum absolute atomic E-state index is 0.0407. The predicted octanol–water partition coefficient (Wildman–Crippen LogP) is 2.52. The molecule has 0 spiro atoms. The molecule has 3 N–H and O–H groups in total. The van der Waals surface area contributed by atoms with E-state index in [9.17, 15) is 4.39 Å². The molecule has 0 bridgehead atoms. The molecule has 1 aromatic carbocycles. The number of anilines is 1. The summed E-state index contributed by atoms with van der Waals surface area (Å²) in [6.45, 7) is 2.00. The number of rotatable bonds is 5. The molecule has 0 saturated carbocycles. The number of hydrazine groups is 1. The Balaban J connectivity index is 2.28. The third kappa shape index (κ3) is 3.64. The molecule has 6 nitrogen and oxygen atoms in total. The lowest BCUT2D eigenvalue weighted by molar-refractivity contribution is 0.454. The Hall–Kier alpha value is -2.72. The fourth-order valence-corrected chi connectivity index (χ4v) is 1.71. The highest BCUT2D eigenvalue weighted by Gasteiger charge is 2.08. The Morgan fingerprint density at radius 3 is 2.81 bits per heavy atom. The average Bonchev–Trinajstić information content (AvgIpc) is 2.47. The van der Waals surface area contributed by atoms with Gasteiger partial charge in [-0.1, -0.05) is 6.92 Å². The van der Waals surface area contributed by atoms with Crippen molar-refractivity contribution in [3.8, 4) is 17.7 Å². The number of nitrogens with two attached hydrogens (primary N) is 1. The van der Waals surface area contributed by atoms with E-state index in [1.165, 1.54) is 18.2 Å². The first-order chi connectivity index (χ1) is 10.2. The Kier molecular flexibility index (Phi) is 4.64. The molecule has 0 atom stereocenters. The molecular formula is C14H14FN5O. The number of hydrogen-bond donors (Lipinski definition) is 2. The van der Waals surface area contributed by atoms with E-state index >= 15 is 0 Å². The van der Waals surface area contributed by atoms with Crippen molar-refractivity contribution in [2.24, 2.45) is 5.84 Å². The van der Waals surface area contributed by atoms with E-state index in [0.29, 0.717) is 18.1 Å².